The van der Waals surface area contributed by atoms with E-state index >= 15 is 0 Å². The first kappa shape index (κ1) is 19.0. The van der Waals surface area contributed by atoms with Gasteiger partial charge in [0, 0.05) is 6.07 Å². The number of nitrogens with zero attached hydrogens (tertiary/aromatic N) is 1. The van der Waals surface area contributed by atoms with Crippen LogP contribution in [0.25, 0.3) is 6.08 Å². The molecule has 0 unspecified atom stereocenters. The molecule has 2 aromatic carbocycles. The van der Waals surface area contributed by atoms with Gasteiger partial charge in [-0.05, 0) is 58.8 Å². The van der Waals surface area contributed by atoms with Crippen molar-refractivity contribution in [3.05, 3.63) is 63.3 Å². The zero-order chi connectivity index (χ0) is 19.6. The number of carbonyl (C=O) groups excluding carboxylic acids is 1. The summed E-state index contributed by atoms with van der Waals surface area (Å²) >= 11 is 3.39. The Bertz CT molecular complexity index is 972. The van der Waals surface area contributed by atoms with Crippen LogP contribution in [0.5, 0.6) is 11.5 Å². The second-order valence-corrected chi connectivity index (χ2v) is 6.28. The van der Waals surface area contributed by atoms with Crippen LogP contribution in [0, 0.1) is 11.6 Å². The third-order valence-corrected chi connectivity index (χ3v) is 4.21. The van der Waals surface area contributed by atoms with Crippen LogP contribution in [0.4, 0.5) is 8.78 Å². The lowest BCUT2D eigenvalue weighted by atomic mass is 10.1. The van der Waals surface area contributed by atoms with Gasteiger partial charge in [0.25, 0.3) is 0 Å². The molecule has 1 heterocycles. The summed E-state index contributed by atoms with van der Waals surface area (Å²) in [6.07, 6.45) is 1.48. The van der Waals surface area contributed by atoms with E-state index in [1.54, 1.807) is 12.1 Å². The van der Waals surface area contributed by atoms with Crippen LogP contribution in [0.3, 0.4) is 0 Å². The summed E-state index contributed by atoms with van der Waals surface area (Å²) in [5.41, 5.74) is 0.481. The third-order valence-electron chi connectivity index (χ3n) is 3.62. The topological polar surface area (TPSA) is 57.1 Å². The number of benzene rings is 2. The average molecular weight is 438 g/mol. The first-order valence-electron chi connectivity index (χ1n) is 7.91. The molecule has 0 aromatic heterocycles. The molecule has 2 aromatic rings. The number of hydrogen-bond acceptors (Lipinski definition) is 5. The van der Waals surface area contributed by atoms with Crippen molar-refractivity contribution in [2.75, 3.05) is 13.7 Å². The molecular formula is C19H14BrF2NO4. The third kappa shape index (κ3) is 4.00. The molecule has 3 rings (SSSR count). The van der Waals surface area contributed by atoms with Crippen LogP contribution in [0.2, 0.25) is 0 Å². The van der Waals surface area contributed by atoms with Crippen LogP contribution in [0.1, 0.15) is 18.1 Å². The van der Waals surface area contributed by atoms with E-state index in [0.717, 1.165) is 12.1 Å². The summed E-state index contributed by atoms with van der Waals surface area (Å²) in [7, 11) is 1.52. The summed E-state index contributed by atoms with van der Waals surface area (Å²) in [4.78, 5) is 16.1. The molecular weight excluding hydrogens is 424 g/mol. The number of methoxy groups -OCH3 is 1. The van der Waals surface area contributed by atoms with Crippen LogP contribution in [-0.2, 0) is 9.53 Å². The molecule has 0 fully saturated rings. The van der Waals surface area contributed by atoms with E-state index in [1.807, 2.05) is 6.92 Å². The van der Waals surface area contributed by atoms with Gasteiger partial charge in [0.15, 0.2) is 17.2 Å². The predicted molar refractivity (Wildman–Crippen MR) is 98.8 cm³/mol. The van der Waals surface area contributed by atoms with Gasteiger partial charge in [0.1, 0.15) is 11.6 Å². The van der Waals surface area contributed by atoms with E-state index in [0.29, 0.717) is 34.2 Å². The van der Waals surface area contributed by atoms with Gasteiger partial charge in [-0.2, -0.15) is 0 Å². The standard InChI is InChI=1S/C19H14BrF2NO4/c1-3-26-16-8-10(6-13(20)17(16)25-2)7-15-19(24)27-18(23-15)12-5-4-11(21)9-14(12)22/h4-9H,3H2,1-2H3/b15-7+. The minimum absolute atomic E-state index is 0.0201. The normalized spacial score (nSPS) is 14.9. The van der Waals surface area contributed by atoms with Crippen molar-refractivity contribution in [1.82, 2.24) is 0 Å². The predicted octanol–water partition coefficient (Wildman–Crippen LogP) is 4.48. The van der Waals surface area contributed by atoms with Crippen molar-refractivity contribution in [1.29, 1.82) is 0 Å². The Labute approximate surface area is 162 Å². The second kappa shape index (κ2) is 7.87. The van der Waals surface area contributed by atoms with Gasteiger partial charge in [-0.25, -0.2) is 18.6 Å². The molecule has 0 atom stereocenters. The molecule has 27 heavy (non-hydrogen) atoms. The highest BCUT2D eigenvalue weighted by Crippen LogP contribution is 2.37. The van der Waals surface area contributed by atoms with Gasteiger partial charge >= 0.3 is 5.97 Å². The molecule has 0 N–H and O–H groups in total. The van der Waals surface area contributed by atoms with Crippen molar-refractivity contribution in [3.63, 3.8) is 0 Å². The van der Waals surface area contributed by atoms with Crippen molar-refractivity contribution in [2.24, 2.45) is 4.99 Å². The zero-order valence-corrected chi connectivity index (χ0v) is 16.0. The minimum atomic E-state index is -0.867. The van der Waals surface area contributed by atoms with Crippen molar-refractivity contribution >= 4 is 33.9 Å². The van der Waals surface area contributed by atoms with E-state index in [1.165, 1.54) is 13.2 Å². The zero-order valence-electron chi connectivity index (χ0n) is 14.4. The van der Waals surface area contributed by atoms with Crippen LogP contribution >= 0.6 is 15.9 Å². The van der Waals surface area contributed by atoms with E-state index < -0.39 is 17.6 Å². The molecule has 0 aliphatic carbocycles. The number of hydrogen-bond donors (Lipinski definition) is 0. The quantitative estimate of drug-likeness (QED) is 0.511. The maximum atomic E-state index is 13.9. The lowest BCUT2D eigenvalue weighted by molar-refractivity contribution is -0.129. The van der Waals surface area contributed by atoms with Crippen molar-refractivity contribution in [2.45, 2.75) is 6.92 Å². The number of aliphatic imine (C=N–C) groups is 1. The molecule has 1 aliphatic heterocycles. The fourth-order valence-corrected chi connectivity index (χ4v) is 3.10. The number of cyclic esters (lactones) is 1. The van der Waals surface area contributed by atoms with Crippen molar-refractivity contribution in [3.8, 4) is 11.5 Å². The summed E-state index contributed by atoms with van der Waals surface area (Å²) in [6, 6.07) is 6.32. The average Bonchev–Trinajstić information content (AvgIpc) is 2.95. The Morgan fingerprint density at radius 2 is 2.04 bits per heavy atom. The summed E-state index contributed by atoms with van der Waals surface area (Å²) < 4.78 is 43.4. The highest BCUT2D eigenvalue weighted by Gasteiger charge is 2.26. The maximum Gasteiger partial charge on any atom is 0.363 e. The van der Waals surface area contributed by atoms with Gasteiger partial charge in [0.2, 0.25) is 5.90 Å². The van der Waals surface area contributed by atoms with E-state index in [9.17, 15) is 13.6 Å². The minimum Gasteiger partial charge on any atom is -0.492 e. The van der Waals surface area contributed by atoms with Crippen LogP contribution < -0.4 is 9.47 Å². The molecule has 0 radical (unpaired) electrons. The molecule has 5 nitrogen and oxygen atoms in total. The van der Waals surface area contributed by atoms with Gasteiger partial charge in [-0.15, -0.1) is 0 Å². The lowest BCUT2D eigenvalue weighted by Crippen LogP contribution is -2.07. The first-order valence-corrected chi connectivity index (χ1v) is 8.70. The molecule has 0 bridgehead atoms. The number of carbonyl (C=O) groups is 1. The van der Waals surface area contributed by atoms with E-state index in [4.69, 9.17) is 14.2 Å². The monoisotopic (exact) mass is 437 g/mol. The molecule has 140 valence electrons. The smallest absolute Gasteiger partial charge is 0.363 e. The fourth-order valence-electron chi connectivity index (χ4n) is 2.48. The summed E-state index contributed by atoms with van der Waals surface area (Å²) in [5, 5.41) is 0. The molecule has 0 spiro atoms. The summed E-state index contributed by atoms with van der Waals surface area (Å²) in [6.45, 7) is 2.26. The first-order chi connectivity index (χ1) is 12.9. The highest BCUT2D eigenvalue weighted by atomic mass is 79.9. The molecule has 0 saturated heterocycles. The Kier molecular flexibility index (Phi) is 5.55. The molecule has 0 amide bonds. The SMILES string of the molecule is CCOc1cc(/C=C2/N=C(c3ccc(F)cc3F)OC2=O)cc(Br)c1OC. The van der Waals surface area contributed by atoms with Gasteiger partial charge in [0.05, 0.1) is 23.8 Å². The van der Waals surface area contributed by atoms with E-state index in [-0.39, 0.29) is 17.2 Å². The molecule has 0 saturated carbocycles. The van der Waals surface area contributed by atoms with E-state index in [2.05, 4.69) is 20.9 Å². The Morgan fingerprint density at radius 1 is 1.26 bits per heavy atom. The highest BCUT2D eigenvalue weighted by molar-refractivity contribution is 9.10. The largest absolute Gasteiger partial charge is 0.492 e. The fraction of sp³-hybridized carbons (Fsp3) is 0.158. The van der Waals surface area contributed by atoms with Gasteiger partial charge < -0.3 is 14.2 Å². The Morgan fingerprint density at radius 3 is 2.70 bits per heavy atom. The van der Waals surface area contributed by atoms with Crippen molar-refractivity contribution < 1.29 is 27.8 Å². The second-order valence-electron chi connectivity index (χ2n) is 5.43. The number of ether oxygens (including phenoxy) is 3. The number of rotatable bonds is 5. The Hall–Kier alpha value is -2.74. The summed E-state index contributed by atoms with van der Waals surface area (Å²) in [5.74, 6) is -1.55. The number of esters is 1. The van der Waals surface area contributed by atoms with Crippen LogP contribution in [0.15, 0.2) is 45.5 Å². The van der Waals surface area contributed by atoms with Gasteiger partial charge in [-0.3, -0.25) is 0 Å². The number of halogens is 3. The lowest BCUT2D eigenvalue weighted by Gasteiger charge is -2.12. The molecule has 8 heteroatoms. The Balaban J connectivity index is 1.99. The van der Waals surface area contributed by atoms with Crippen LogP contribution in [-0.4, -0.2) is 25.6 Å². The van der Waals surface area contributed by atoms with Gasteiger partial charge in [-0.1, -0.05) is 0 Å². The molecule has 1 aliphatic rings. The maximum absolute atomic E-state index is 13.9.